The number of carbonyl (C=O) groups excluding carboxylic acids is 1. The molecule has 19 heavy (non-hydrogen) atoms. The molecule has 0 bridgehead atoms. The summed E-state index contributed by atoms with van der Waals surface area (Å²) in [4.78, 5) is 11.1. The minimum absolute atomic E-state index is 0.266. The first-order chi connectivity index (χ1) is 9.01. The van der Waals surface area contributed by atoms with Gasteiger partial charge in [-0.15, -0.1) is 0 Å². The third kappa shape index (κ3) is 9.68. The Labute approximate surface area is 116 Å². The Morgan fingerprint density at radius 2 is 1.84 bits per heavy atom. The lowest BCUT2D eigenvalue weighted by Crippen LogP contribution is -2.17. The molecule has 112 valence electrons. The molecule has 0 heterocycles. The van der Waals surface area contributed by atoms with Crippen molar-refractivity contribution in [3.63, 3.8) is 0 Å². The third-order valence-electron chi connectivity index (χ3n) is 3.10. The maximum atomic E-state index is 11.1. The van der Waals surface area contributed by atoms with Crippen molar-refractivity contribution in [2.45, 2.75) is 71.0 Å². The Morgan fingerprint density at radius 3 is 2.42 bits per heavy atom. The van der Waals surface area contributed by atoms with Crippen molar-refractivity contribution in [1.29, 1.82) is 0 Å². The molecule has 0 aliphatic heterocycles. The van der Waals surface area contributed by atoms with Gasteiger partial charge in [-0.05, 0) is 19.4 Å². The molecule has 0 aromatic heterocycles. The van der Waals surface area contributed by atoms with Crippen LogP contribution in [0.25, 0.3) is 0 Å². The highest BCUT2D eigenvalue weighted by molar-refractivity contribution is 5.87. The first-order valence-electron chi connectivity index (χ1n) is 7.14. The van der Waals surface area contributed by atoms with Gasteiger partial charge in [0.25, 0.3) is 0 Å². The van der Waals surface area contributed by atoms with Crippen molar-refractivity contribution in [1.82, 2.24) is 0 Å². The van der Waals surface area contributed by atoms with Crippen LogP contribution in [0.4, 0.5) is 0 Å². The molecular formula is C15H28O4. The van der Waals surface area contributed by atoms with Crippen molar-refractivity contribution in [2.24, 2.45) is 0 Å². The van der Waals surface area contributed by atoms with E-state index in [1.807, 2.05) is 0 Å². The zero-order valence-corrected chi connectivity index (χ0v) is 12.4. The van der Waals surface area contributed by atoms with Crippen LogP contribution < -0.4 is 0 Å². The minimum Gasteiger partial charge on any atom is -0.466 e. The summed E-state index contributed by atoms with van der Waals surface area (Å²) in [7, 11) is 1.30. The van der Waals surface area contributed by atoms with Crippen LogP contribution >= 0.6 is 0 Å². The number of aliphatic hydroxyl groups excluding tert-OH is 2. The van der Waals surface area contributed by atoms with Crippen molar-refractivity contribution in [3.05, 3.63) is 11.6 Å². The molecule has 0 fully saturated rings. The normalized spacial score (nSPS) is 15.1. The first-order valence-corrected chi connectivity index (χ1v) is 7.14. The van der Waals surface area contributed by atoms with Crippen LogP contribution in [-0.2, 0) is 9.53 Å². The molecule has 2 unspecified atom stereocenters. The molecule has 2 N–H and O–H groups in total. The molecule has 0 saturated heterocycles. The highest BCUT2D eigenvalue weighted by Crippen LogP contribution is 2.12. The molecule has 0 radical (unpaired) electrons. The molecule has 0 aromatic rings. The topological polar surface area (TPSA) is 66.8 Å². The molecule has 4 heteroatoms. The van der Waals surface area contributed by atoms with E-state index in [1.54, 1.807) is 6.92 Å². The van der Waals surface area contributed by atoms with Crippen LogP contribution in [0, 0.1) is 0 Å². The number of unbranched alkanes of at least 4 members (excludes halogenated alkanes) is 4. The van der Waals surface area contributed by atoms with Gasteiger partial charge in [0.2, 0.25) is 0 Å². The molecule has 0 spiro atoms. The first kappa shape index (κ1) is 18.1. The standard InChI is InChI=1S/C15H28O4/c1-4-5-6-7-8-9-13(16)11-14(17)10-12(2)15(18)19-3/h10,13-14,16-17H,4-9,11H2,1-3H3. The fourth-order valence-electron chi connectivity index (χ4n) is 1.97. The second-order valence-electron chi connectivity index (χ2n) is 5.00. The summed E-state index contributed by atoms with van der Waals surface area (Å²) in [5.41, 5.74) is 0.366. The van der Waals surface area contributed by atoms with Crippen molar-refractivity contribution in [3.8, 4) is 0 Å². The molecular weight excluding hydrogens is 244 g/mol. The van der Waals surface area contributed by atoms with Crippen LogP contribution in [0.1, 0.15) is 58.8 Å². The van der Waals surface area contributed by atoms with Gasteiger partial charge in [0.15, 0.2) is 0 Å². The predicted octanol–water partition coefficient (Wildman–Crippen LogP) is 2.58. The van der Waals surface area contributed by atoms with Gasteiger partial charge >= 0.3 is 5.97 Å². The lowest BCUT2D eigenvalue weighted by atomic mass is 10.0. The van der Waals surface area contributed by atoms with Crippen LogP contribution in [0.2, 0.25) is 0 Å². The number of esters is 1. The molecule has 0 aliphatic carbocycles. The number of methoxy groups -OCH3 is 1. The van der Waals surface area contributed by atoms with Crippen LogP contribution in [0.3, 0.4) is 0 Å². The lowest BCUT2D eigenvalue weighted by molar-refractivity contribution is -0.136. The van der Waals surface area contributed by atoms with Crippen molar-refractivity contribution in [2.75, 3.05) is 7.11 Å². The third-order valence-corrected chi connectivity index (χ3v) is 3.10. The lowest BCUT2D eigenvalue weighted by Gasteiger charge is -2.13. The number of hydrogen-bond acceptors (Lipinski definition) is 4. The Balaban J connectivity index is 3.86. The predicted molar refractivity (Wildman–Crippen MR) is 75.8 cm³/mol. The molecule has 0 aromatic carbocycles. The molecule has 0 amide bonds. The second kappa shape index (κ2) is 11.0. The number of rotatable bonds is 10. The van der Waals surface area contributed by atoms with Gasteiger partial charge in [-0.3, -0.25) is 0 Å². The fraction of sp³-hybridized carbons (Fsp3) is 0.800. The Morgan fingerprint density at radius 1 is 1.21 bits per heavy atom. The summed E-state index contributed by atoms with van der Waals surface area (Å²) < 4.78 is 4.54. The number of ether oxygens (including phenoxy) is 1. The SMILES string of the molecule is CCCCCCCC(O)CC(O)C=C(C)C(=O)OC. The van der Waals surface area contributed by atoms with Gasteiger partial charge in [-0.1, -0.05) is 39.0 Å². The van der Waals surface area contributed by atoms with Gasteiger partial charge in [0, 0.05) is 12.0 Å². The largest absolute Gasteiger partial charge is 0.466 e. The number of aliphatic hydroxyl groups is 2. The van der Waals surface area contributed by atoms with Crippen LogP contribution in [0.15, 0.2) is 11.6 Å². The smallest absolute Gasteiger partial charge is 0.333 e. The monoisotopic (exact) mass is 272 g/mol. The average molecular weight is 272 g/mol. The van der Waals surface area contributed by atoms with Gasteiger partial charge in [0.1, 0.15) is 0 Å². The summed E-state index contributed by atoms with van der Waals surface area (Å²) in [5.74, 6) is -0.451. The molecule has 2 atom stereocenters. The summed E-state index contributed by atoms with van der Waals surface area (Å²) >= 11 is 0. The van der Waals surface area contributed by atoms with Crippen molar-refractivity contribution >= 4 is 5.97 Å². The van der Waals surface area contributed by atoms with Crippen LogP contribution in [0.5, 0.6) is 0 Å². The van der Waals surface area contributed by atoms with E-state index in [-0.39, 0.29) is 6.42 Å². The Bertz CT molecular complexity index is 273. The van der Waals surface area contributed by atoms with Gasteiger partial charge < -0.3 is 14.9 Å². The summed E-state index contributed by atoms with van der Waals surface area (Å²) in [6.07, 6.45) is 6.83. The van der Waals surface area contributed by atoms with E-state index in [9.17, 15) is 15.0 Å². The average Bonchev–Trinajstić information content (AvgIpc) is 2.37. The maximum Gasteiger partial charge on any atom is 0.333 e. The van der Waals surface area contributed by atoms with Gasteiger partial charge in [-0.2, -0.15) is 0 Å². The second-order valence-corrected chi connectivity index (χ2v) is 5.00. The zero-order valence-electron chi connectivity index (χ0n) is 12.4. The maximum absolute atomic E-state index is 11.1. The highest BCUT2D eigenvalue weighted by atomic mass is 16.5. The molecule has 0 saturated carbocycles. The summed E-state index contributed by atoms with van der Waals surface area (Å²) in [6, 6.07) is 0. The van der Waals surface area contributed by atoms with Gasteiger partial charge in [-0.25, -0.2) is 4.79 Å². The van der Waals surface area contributed by atoms with E-state index in [0.29, 0.717) is 12.0 Å². The summed E-state index contributed by atoms with van der Waals surface area (Å²) in [6.45, 7) is 3.76. The zero-order chi connectivity index (χ0) is 14.7. The van der Waals surface area contributed by atoms with E-state index in [0.717, 1.165) is 12.8 Å². The van der Waals surface area contributed by atoms with Crippen LogP contribution in [-0.4, -0.2) is 35.5 Å². The van der Waals surface area contributed by atoms with E-state index in [2.05, 4.69) is 11.7 Å². The van der Waals surface area contributed by atoms with E-state index < -0.39 is 18.2 Å². The number of hydrogen-bond donors (Lipinski definition) is 2. The molecule has 0 aliphatic rings. The summed E-state index contributed by atoms with van der Waals surface area (Å²) in [5, 5.41) is 19.5. The minimum atomic E-state index is -0.801. The quantitative estimate of drug-likeness (QED) is 0.364. The van der Waals surface area contributed by atoms with Crippen molar-refractivity contribution < 1.29 is 19.7 Å². The Hall–Kier alpha value is -0.870. The molecule has 4 nitrogen and oxygen atoms in total. The molecule has 0 rings (SSSR count). The van der Waals surface area contributed by atoms with E-state index in [4.69, 9.17) is 0 Å². The Kier molecular flexibility index (Phi) is 10.5. The fourth-order valence-corrected chi connectivity index (χ4v) is 1.97. The van der Waals surface area contributed by atoms with E-state index >= 15 is 0 Å². The highest BCUT2D eigenvalue weighted by Gasteiger charge is 2.12. The van der Waals surface area contributed by atoms with E-state index in [1.165, 1.54) is 32.4 Å². The van der Waals surface area contributed by atoms with Gasteiger partial charge in [0.05, 0.1) is 19.3 Å². The number of carbonyl (C=O) groups is 1.